The van der Waals surface area contributed by atoms with E-state index < -0.39 is 31.2 Å². The molecule has 0 saturated heterocycles. The maximum atomic E-state index is 11.8. The Bertz CT molecular complexity index is 541. The average Bonchev–Trinajstić information content (AvgIpc) is 2.48. The molecule has 1 aromatic carbocycles. The Morgan fingerprint density at radius 3 is 2.45 bits per heavy atom. The number of ether oxygens (including phenoxy) is 1. The number of nitrogens with one attached hydrogen (secondary N) is 1. The number of nitrogens with zero attached hydrogens (tertiary/aromatic N) is 1. The number of alkyl halides is 3. The zero-order chi connectivity index (χ0) is 16.6. The van der Waals surface area contributed by atoms with Gasteiger partial charge in [-0.25, -0.2) is 4.79 Å². The van der Waals surface area contributed by atoms with E-state index in [2.05, 4.69) is 14.7 Å². The zero-order valence-electron chi connectivity index (χ0n) is 11.5. The maximum absolute atomic E-state index is 11.8. The Kier molecular flexibility index (Phi) is 6.36. The van der Waals surface area contributed by atoms with Gasteiger partial charge in [0.05, 0.1) is 18.9 Å². The molecule has 0 fully saturated rings. The van der Waals surface area contributed by atoms with Crippen LogP contribution in [0.25, 0.3) is 0 Å². The number of amides is 1. The Morgan fingerprint density at radius 2 is 1.91 bits per heavy atom. The molecule has 6 nitrogen and oxygen atoms in total. The number of carbonyl (C=O) groups is 2. The van der Waals surface area contributed by atoms with E-state index in [0.29, 0.717) is 11.1 Å². The number of benzene rings is 1. The first-order valence-electron chi connectivity index (χ1n) is 5.99. The van der Waals surface area contributed by atoms with Gasteiger partial charge in [-0.1, -0.05) is 17.3 Å². The van der Waals surface area contributed by atoms with Crippen LogP contribution in [0.1, 0.15) is 15.9 Å². The van der Waals surface area contributed by atoms with Gasteiger partial charge in [0.2, 0.25) is 0 Å². The Hall–Kier alpha value is -2.58. The fraction of sp³-hybridized carbons (Fsp3) is 0.308. The van der Waals surface area contributed by atoms with Gasteiger partial charge in [-0.15, -0.1) is 0 Å². The van der Waals surface area contributed by atoms with Crippen molar-refractivity contribution in [3.05, 3.63) is 35.4 Å². The fourth-order valence-electron chi connectivity index (χ4n) is 1.27. The van der Waals surface area contributed by atoms with Crippen molar-refractivity contribution in [3.8, 4) is 0 Å². The van der Waals surface area contributed by atoms with Gasteiger partial charge in [-0.3, -0.25) is 4.79 Å². The number of methoxy groups -OCH3 is 1. The molecule has 0 saturated carbocycles. The second-order valence-corrected chi connectivity index (χ2v) is 4.01. The molecule has 0 aliphatic rings. The van der Waals surface area contributed by atoms with E-state index in [1.165, 1.54) is 25.5 Å². The van der Waals surface area contributed by atoms with Crippen LogP contribution in [0, 0.1) is 0 Å². The molecule has 1 amide bonds. The molecule has 0 spiro atoms. The standard InChI is InChI=1S/C13H13F3N2O4/c1-21-12(20)10-4-2-9(3-5-10)6-18-22-7-11(19)17-8-13(14,15)16/h2-6H,7-8H2,1H3,(H,17,19). The molecule has 0 radical (unpaired) electrons. The summed E-state index contributed by atoms with van der Waals surface area (Å²) in [7, 11) is 1.26. The summed E-state index contributed by atoms with van der Waals surface area (Å²) in [5.74, 6) is -1.42. The first-order chi connectivity index (χ1) is 10.3. The molecule has 0 unspecified atom stereocenters. The predicted octanol–water partition coefficient (Wildman–Crippen LogP) is 1.50. The van der Waals surface area contributed by atoms with Crippen molar-refractivity contribution in [2.75, 3.05) is 20.3 Å². The molecule has 9 heteroatoms. The minimum atomic E-state index is -4.47. The summed E-state index contributed by atoms with van der Waals surface area (Å²) in [6.45, 7) is -2.05. The molecule has 0 aliphatic heterocycles. The number of rotatable bonds is 6. The van der Waals surface area contributed by atoms with Crippen LogP contribution in [0.4, 0.5) is 13.2 Å². The van der Waals surface area contributed by atoms with E-state index in [9.17, 15) is 22.8 Å². The molecular formula is C13H13F3N2O4. The topological polar surface area (TPSA) is 77.0 Å². The van der Waals surface area contributed by atoms with Crippen LogP contribution in [0.15, 0.2) is 29.4 Å². The lowest BCUT2D eigenvalue weighted by molar-refractivity contribution is -0.141. The van der Waals surface area contributed by atoms with Crippen LogP contribution in [0.2, 0.25) is 0 Å². The van der Waals surface area contributed by atoms with Crippen molar-refractivity contribution in [3.63, 3.8) is 0 Å². The third-order valence-corrected chi connectivity index (χ3v) is 2.29. The second-order valence-electron chi connectivity index (χ2n) is 4.01. The first-order valence-corrected chi connectivity index (χ1v) is 5.99. The lowest BCUT2D eigenvalue weighted by Crippen LogP contribution is -2.35. The molecule has 0 bridgehead atoms. The van der Waals surface area contributed by atoms with Crippen molar-refractivity contribution < 1.29 is 32.3 Å². The third-order valence-electron chi connectivity index (χ3n) is 2.29. The molecule has 1 rings (SSSR count). The van der Waals surface area contributed by atoms with Crippen molar-refractivity contribution in [1.82, 2.24) is 5.32 Å². The van der Waals surface area contributed by atoms with Crippen LogP contribution in [0.3, 0.4) is 0 Å². The smallest absolute Gasteiger partial charge is 0.405 e. The van der Waals surface area contributed by atoms with Gasteiger partial charge in [-0.05, 0) is 17.7 Å². The number of hydrogen-bond donors (Lipinski definition) is 1. The van der Waals surface area contributed by atoms with Crippen LogP contribution < -0.4 is 5.32 Å². The molecule has 22 heavy (non-hydrogen) atoms. The molecule has 120 valence electrons. The zero-order valence-corrected chi connectivity index (χ0v) is 11.5. The Balaban J connectivity index is 2.37. The Morgan fingerprint density at radius 1 is 1.27 bits per heavy atom. The van der Waals surface area contributed by atoms with Crippen LogP contribution in [-0.4, -0.2) is 44.5 Å². The minimum Gasteiger partial charge on any atom is -0.465 e. The number of esters is 1. The lowest BCUT2D eigenvalue weighted by atomic mass is 10.1. The number of oxime groups is 1. The predicted molar refractivity (Wildman–Crippen MR) is 70.4 cm³/mol. The molecule has 0 aromatic heterocycles. The van der Waals surface area contributed by atoms with E-state index in [-0.39, 0.29) is 0 Å². The van der Waals surface area contributed by atoms with Gasteiger partial charge in [0.25, 0.3) is 5.91 Å². The van der Waals surface area contributed by atoms with E-state index in [1.807, 2.05) is 0 Å². The van der Waals surface area contributed by atoms with Crippen molar-refractivity contribution in [1.29, 1.82) is 0 Å². The van der Waals surface area contributed by atoms with Crippen LogP contribution in [-0.2, 0) is 14.4 Å². The van der Waals surface area contributed by atoms with Gasteiger partial charge in [-0.2, -0.15) is 13.2 Å². The molecular weight excluding hydrogens is 305 g/mol. The highest BCUT2D eigenvalue weighted by Crippen LogP contribution is 2.11. The number of hydrogen-bond acceptors (Lipinski definition) is 5. The molecule has 0 atom stereocenters. The van der Waals surface area contributed by atoms with Gasteiger partial charge < -0.3 is 14.9 Å². The van der Waals surface area contributed by atoms with E-state index in [1.54, 1.807) is 17.4 Å². The normalized spacial score (nSPS) is 11.3. The van der Waals surface area contributed by atoms with Gasteiger partial charge in [0.15, 0.2) is 6.61 Å². The van der Waals surface area contributed by atoms with Crippen molar-refractivity contribution >= 4 is 18.1 Å². The summed E-state index contributed by atoms with van der Waals surface area (Å²) in [5.41, 5.74) is 0.926. The third kappa shape index (κ3) is 6.73. The highest BCUT2D eigenvalue weighted by molar-refractivity contribution is 5.90. The number of halogens is 3. The van der Waals surface area contributed by atoms with E-state index in [4.69, 9.17) is 0 Å². The summed E-state index contributed by atoms with van der Waals surface area (Å²) in [6, 6.07) is 6.12. The molecule has 1 aromatic rings. The highest BCUT2D eigenvalue weighted by Gasteiger charge is 2.27. The largest absolute Gasteiger partial charge is 0.465 e. The second kappa shape index (κ2) is 8.01. The highest BCUT2D eigenvalue weighted by atomic mass is 19.4. The summed E-state index contributed by atoms with van der Waals surface area (Å²) in [5, 5.41) is 5.07. The van der Waals surface area contributed by atoms with Gasteiger partial charge in [0.1, 0.15) is 6.54 Å². The van der Waals surface area contributed by atoms with Gasteiger partial charge in [0, 0.05) is 0 Å². The fourth-order valence-corrected chi connectivity index (χ4v) is 1.27. The quantitative estimate of drug-likeness (QED) is 0.490. The molecule has 0 aliphatic carbocycles. The van der Waals surface area contributed by atoms with E-state index >= 15 is 0 Å². The SMILES string of the molecule is COC(=O)c1ccc(C=NOCC(=O)NCC(F)(F)F)cc1. The number of carbonyl (C=O) groups excluding carboxylic acids is 2. The molecule has 0 heterocycles. The summed E-state index contributed by atoms with van der Waals surface area (Å²) in [6.07, 6.45) is -3.22. The van der Waals surface area contributed by atoms with Crippen LogP contribution in [0.5, 0.6) is 0 Å². The Labute approximate surface area is 123 Å². The van der Waals surface area contributed by atoms with E-state index in [0.717, 1.165) is 0 Å². The van der Waals surface area contributed by atoms with Crippen LogP contribution >= 0.6 is 0 Å². The average molecular weight is 318 g/mol. The summed E-state index contributed by atoms with van der Waals surface area (Å²) >= 11 is 0. The van der Waals surface area contributed by atoms with Crippen molar-refractivity contribution in [2.45, 2.75) is 6.18 Å². The van der Waals surface area contributed by atoms with Gasteiger partial charge >= 0.3 is 12.1 Å². The summed E-state index contributed by atoms with van der Waals surface area (Å²) < 4.78 is 40.0. The summed E-state index contributed by atoms with van der Waals surface area (Å²) in [4.78, 5) is 26.7. The first kappa shape index (κ1) is 17.5. The maximum Gasteiger partial charge on any atom is 0.405 e. The lowest BCUT2D eigenvalue weighted by Gasteiger charge is -2.07. The minimum absolute atomic E-state index is 0.354. The molecule has 1 N–H and O–H groups in total. The van der Waals surface area contributed by atoms with Crippen molar-refractivity contribution in [2.24, 2.45) is 5.16 Å². The monoisotopic (exact) mass is 318 g/mol.